The predicted molar refractivity (Wildman–Crippen MR) is 145 cm³/mol. The van der Waals surface area contributed by atoms with Gasteiger partial charge in [0.05, 0.1) is 11.7 Å². The number of thiophene rings is 1. The lowest BCUT2D eigenvalue weighted by molar-refractivity contribution is -0.121. The topological polar surface area (TPSA) is 79.8 Å². The van der Waals surface area contributed by atoms with Crippen LogP contribution in [0.3, 0.4) is 0 Å². The van der Waals surface area contributed by atoms with Crippen molar-refractivity contribution in [1.29, 1.82) is 0 Å². The van der Waals surface area contributed by atoms with Crippen molar-refractivity contribution in [2.75, 3.05) is 6.54 Å². The number of carbonyl (C=O) groups excluding carboxylic acids is 1. The van der Waals surface area contributed by atoms with Crippen LogP contribution < -0.4 is 10.9 Å². The third-order valence-electron chi connectivity index (χ3n) is 7.22. The van der Waals surface area contributed by atoms with Crippen LogP contribution in [0.5, 0.6) is 0 Å². The lowest BCUT2D eigenvalue weighted by atomic mass is 9.91. The zero-order chi connectivity index (χ0) is 24.5. The summed E-state index contributed by atoms with van der Waals surface area (Å²) in [5, 5.41) is 5.04. The molecule has 1 amide bonds. The van der Waals surface area contributed by atoms with Crippen molar-refractivity contribution in [3.05, 3.63) is 99.0 Å². The van der Waals surface area contributed by atoms with E-state index in [0.717, 1.165) is 51.5 Å². The van der Waals surface area contributed by atoms with E-state index in [9.17, 15) is 9.59 Å². The van der Waals surface area contributed by atoms with Gasteiger partial charge in [-0.2, -0.15) is 0 Å². The number of H-pyrrole nitrogens is 1. The summed E-state index contributed by atoms with van der Waals surface area (Å²) in [4.78, 5) is 36.1. The van der Waals surface area contributed by atoms with E-state index in [-0.39, 0.29) is 23.8 Å². The van der Waals surface area contributed by atoms with Gasteiger partial charge in [0, 0.05) is 47.4 Å². The van der Waals surface area contributed by atoms with Gasteiger partial charge in [-0.25, -0.2) is 4.98 Å². The fraction of sp³-hybridized carbons (Fsp3) is 0.276. The van der Waals surface area contributed by atoms with E-state index < -0.39 is 0 Å². The highest BCUT2D eigenvalue weighted by atomic mass is 32.1. The van der Waals surface area contributed by atoms with Gasteiger partial charge in [0.25, 0.3) is 5.56 Å². The SMILES string of the molecule is O=C(CCn1cnc2sc3c(c2c1=O)CCCC3)NCC(c1ccccc1)c1c[nH]c2ccccc12. The Kier molecular flexibility index (Phi) is 6.15. The Morgan fingerprint density at radius 3 is 2.78 bits per heavy atom. The van der Waals surface area contributed by atoms with Gasteiger partial charge in [0.2, 0.25) is 5.91 Å². The second kappa shape index (κ2) is 9.74. The highest BCUT2D eigenvalue weighted by Crippen LogP contribution is 2.33. The molecule has 0 spiro atoms. The molecule has 6 nitrogen and oxygen atoms in total. The van der Waals surface area contributed by atoms with Crippen molar-refractivity contribution in [3.8, 4) is 0 Å². The Bertz CT molecular complexity index is 1600. The minimum Gasteiger partial charge on any atom is -0.361 e. The number of rotatable bonds is 7. The van der Waals surface area contributed by atoms with Gasteiger partial charge in [0.1, 0.15) is 4.83 Å². The minimum atomic E-state index is -0.0740. The molecule has 7 heteroatoms. The van der Waals surface area contributed by atoms with Crippen LogP contribution in [-0.4, -0.2) is 27.0 Å². The van der Waals surface area contributed by atoms with Crippen molar-refractivity contribution >= 4 is 38.4 Å². The number of aromatic amines is 1. The molecule has 0 aliphatic heterocycles. The van der Waals surface area contributed by atoms with Gasteiger partial charge >= 0.3 is 0 Å². The number of nitrogens with one attached hydrogen (secondary N) is 2. The summed E-state index contributed by atoms with van der Waals surface area (Å²) in [7, 11) is 0. The van der Waals surface area contributed by atoms with E-state index in [1.54, 1.807) is 22.2 Å². The van der Waals surface area contributed by atoms with Gasteiger partial charge in [-0.05, 0) is 48.4 Å². The molecule has 6 rings (SSSR count). The molecule has 0 radical (unpaired) electrons. The molecule has 5 aromatic rings. The van der Waals surface area contributed by atoms with Crippen LogP contribution in [0, 0.1) is 0 Å². The number of nitrogens with zero attached hydrogens (tertiary/aromatic N) is 2. The first-order valence-electron chi connectivity index (χ1n) is 12.6. The fourth-order valence-corrected chi connectivity index (χ4v) is 6.56. The number of fused-ring (bicyclic) bond motifs is 4. The molecule has 0 saturated carbocycles. The molecule has 36 heavy (non-hydrogen) atoms. The van der Waals surface area contributed by atoms with E-state index in [4.69, 9.17) is 0 Å². The van der Waals surface area contributed by atoms with Crippen molar-refractivity contribution in [2.24, 2.45) is 0 Å². The highest BCUT2D eigenvalue weighted by Gasteiger charge is 2.21. The van der Waals surface area contributed by atoms with Gasteiger partial charge in [-0.3, -0.25) is 14.2 Å². The van der Waals surface area contributed by atoms with Gasteiger partial charge < -0.3 is 10.3 Å². The number of carbonyl (C=O) groups is 1. The zero-order valence-electron chi connectivity index (χ0n) is 20.0. The number of hydrogen-bond donors (Lipinski definition) is 2. The molecule has 182 valence electrons. The molecule has 1 aliphatic rings. The van der Waals surface area contributed by atoms with Crippen molar-refractivity contribution in [3.63, 3.8) is 0 Å². The third kappa shape index (κ3) is 4.24. The van der Waals surface area contributed by atoms with E-state index in [1.165, 1.54) is 16.9 Å². The lowest BCUT2D eigenvalue weighted by Crippen LogP contribution is -2.31. The standard InChI is InChI=1S/C29H28N4O2S/c34-26(14-15-33-18-32-28-27(29(33)35)21-11-5-7-13-25(21)36-28)31-16-22(19-8-2-1-3-9-19)23-17-30-24-12-6-4-10-20(23)24/h1-4,6,8-10,12,17-18,22,30H,5,7,11,13-16H2,(H,31,34). The predicted octanol–water partition coefficient (Wildman–Crippen LogP) is 5.16. The molecule has 2 aromatic carbocycles. The number of amides is 1. The monoisotopic (exact) mass is 496 g/mol. The van der Waals surface area contributed by atoms with E-state index in [0.29, 0.717) is 13.1 Å². The van der Waals surface area contributed by atoms with Gasteiger partial charge in [0.15, 0.2) is 0 Å². The van der Waals surface area contributed by atoms with Crippen molar-refractivity contribution < 1.29 is 4.79 Å². The molecule has 0 bridgehead atoms. The Morgan fingerprint density at radius 2 is 1.89 bits per heavy atom. The zero-order valence-corrected chi connectivity index (χ0v) is 20.8. The molecule has 1 atom stereocenters. The summed E-state index contributed by atoms with van der Waals surface area (Å²) >= 11 is 1.65. The molecule has 1 aliphatic carbocycles. The largest absolute Gasteiger partial charge is 0.361 e. The number of hydrogen-bond acceptors (Lipinski definition) is 4. The van der Waals surface area contributed by atoms with Crippen LogP contribution in [-0.2, 0) is 24.2 Å². The number of para-hydroxylation sites is 1. The summed E-state index contributed by atoms with van der Waals surface area (Å²) < 4.78 is 1.60. The highest BCUT2D eigenvalue weighted by molar-refractivity contribution is 7.18. The van der Waals surface area contributed by atoms with Crippen LogP contribution in [0.15, 0.2) is 71.9 Å². The van der Waals surface area contributed by atoms with Gasteiger partial charge in [-0.1, -0.05) is 48.5 Å². The number of aromatic nitrogens is 3. The van der Waals surface area contributed by atoms with Crippen LogP contribution in [0.4, 0.5) is 0 Å². The maximum atomic E-state index is 13.2. The summed E-state index contributed by atoms with van der Waals surface area (Å²) in [6.45, 7) is 0.802. The molecule has 0 fully saturated rings. The van der Waals surface area contributed by atoms with Crippen LogP contribution in [0.25, 0.3) is 21.1 Å². The molecule has 2 N–H and O–H groups in total. The second-order valence-electron chi connectivity index (χ2n) is 9.44. The quantitative estimate of drug-likeness (QED) is 0.327. The summed E-state index contributed by atoms with van der Waals surface area (Å²) in [5.74, 6) is -0.0560. The lowest BCUT2D eigenvalue weighted by Gasteiger charge is -2.18. The molecule has 0 saturated heterocycles. The van der Waals surface area contributed by atoms with Gasteiger partial charge in [-0.15, -0.1) is 11.3 Å². The van der Waals surface area contributed by atoms with Crippen molar-refractivity contribution in [2.45, 2.75) is 44.6 Å². The van der Waals surface area contributed by atoms with Crippen LogP contribution in [0.2, 0.25) is 0 Å². The first-order chi connectivity index (χ1) is 17.7. The third-order valence-corrected chi connectivity index (χ3v) is 8.42. The molecule has 1 unspecified atom stereocenters. The second-order valence-corrected chi connectivity index (χ2v) is 10.5. The normalized spacial score (nSPS) is 14.1. The number of aryl methyl sites for hydroxylation is 3. The molecule has 3 aromatic heterocycles. The first kappa shape index (κ1) is 22.7. The summed E-state index contributed by atoms with van der Waals surface area (Å²) in [5.41, 5.74) is 4.55. The van der Waals surface area contributed by atoms with E-state index in [2.05, 4.69) is 39.6 Å². The molecule has 3 heterocycles. The minimum absolute atomic E-state index is 0.0179. The van der Waals surface area contributed by atoms with E-state index >= 15 is 0 Å². The average Bonchev–Trinajstić information content (AvgIpc) is 3.51. The van der Waals surface area contributed by atoms with E-state index in [1.807, 2.05) is 36.5 Å². The smallest absolute Gasteiger partial charge is 0.262 e. The molecular formula is C29H28N4O2S. The Labute approximate surface area is 213 Å². The Hall–Kier alpha value is -3.71. The average molecular weight is 497 g/mol. The summed E-state index contributed by atoms with van der Waals surface area (Å²) in [6.07, 6.45) is 8.15. The van der Waals surface area contributed by atoms with Crippen LogP contribution in [0.1, 0.15) is 46.7 Å². The molecular weight excluding hydrogens is 468 g/mol. The fourth-order valence-electron chi connectivity index (χ4n) is 5.34. The number of benzene rings is 2. The van der Waals surface area contributed by atoms with Crippen molar-refractivity contribution in [1.82, 2.24) is 19.9 Å². The maximum absolute atomic E-state index is 13.2. The Balaban J connectivity index is 1.18. The maximum Gasteiger partial charge on any atom is 0.262 e. The summed E-state index contributed by atoms with van der Waals surface area (Å²) in [6, 6.07) is 18.5. The Morgan fingerprint density at radius 1 is 1.08 bits per heavy atom. The van der Waals surface area contributed by atoms with Crippen LogP contribution >= 0.6 is 11.3 Å². The first-order valence-corrected chi connectivity index (χ1v) is 13.4.